The normalized spacial score (nSPS) is 20.1. The monoisotopic (exact) mass is 233 g/mol. The van der Waals surface area contributed by atoms with Gasteiger partial charge in [0.25, 0.3) is 0 Å². The topological polar surface area (TPSA) is 92.5 Å². The molecule has 0 bridgehead atoms. The maximum absolute atomic E-state index is 11.4. The van der Waals surface area contributed by atoms with Crippen molar-refractivity contribution in [3.8, 4) is 0 Å². The van der Waals surface area contributed by atoms with Crippen molar-refractivity contribution in [2.75, 3.05) is 19.0 Å². The van der Waals surface area contributed by atoms with Gasteiger partial charge in [-0.1, -0.05) is 0 Å². The lowest BCUT2D eigenvalue weighted by molar-refractivity contribution is -0.121. The van der Waals surface area contributed by atoms with E-state index in [1.807, 2.05) is 0 Å². The van der Waals surface area contributed by atoms with Crippen molar-refractivity contribution < 1.29 is 14.4 Å². The Labute approximate surface area is 91.7 Å². The molecule has 7 heteroatoms. The number of hydrogen-bond acceptors (Lipinski definition) is 3. The Morgan fingerprint density at radius 1 is 1.47 bits per heavy atom. The molecule has 6 nitrogen and oxygen atoms in total. The van der Waals surface area contributed by atoms with Gasteiger partial charge in [-0.05, 0) is 6.42 Å². The van der Waals surface area contributed by atoms with E-state index in [1.165, 1.54) is 4.90 Å². The second-order valence-electron chi connectivity index (χ2n) is 3.32. The summed E-state index contributed by atoms with van der Waals surface area (Å²) >= 11 is 5.22. The minimum atomic E-state index is -0.552. The summed E-state index contributed by atoms with van der Waals surface area (Å²) in [6, 6.07) is -0.524. The summed E-state index contributed by atoms with van der Waals surface area (Å²) < 4.78 is 0. The Kier molecular flexibility index (Phi) is 3.90. The van der Waals surface area contributed by atoms with Crippen molar-refractivity contribution in [2.24, 2.45) is 11.7 Å². The molecule has 1 aliphatic heterocycles. The van der Waals surface area contributed by atoms with Crippen LogP contribution in [-0.2, 0) is 9.59 Å². The Hall–Kier alpha value is -1.30. The molecule has 0 saturated carbocycles. The number of primary amides is 1. The predicted octanol–water partition coefficient (Wildman–Crippen LogP) is -0.731. The number of nitrogens with one attached hydrogen (secondary N) is 1. The number of alkyl halides is 1. The fraction of sp³-hybridized carbons (Fsp3) is 0.625. The van der Waals surface area contributed by atoms with Gasteiger partial charge in [0.2, 0.25) is 11.8 Å². The number of halogens is 1. The quantitative estimate of drug-likeness (QED) is 0.616. The molecule has 0 aromatic carbocycles. The van der Waals surface area contributed by atoms with Crippen molar-refractivity contribution in [3.05, 3.63) is 0 Å². The molecular formula is C8H12ClN3O3. The molecule has 0 aromatic heterocycles. The highest BCUT2D eigenvalue weighted by atomic mass is 35.5. The van der Waals surface area contributed by atoms with E-state index in [-0.39, 0.29) is 18.3 Å². The summed E-state index contributed by atoms with van der Waals surface area (Å²) in [5, 5.41) is 2.10. The van der Waals surface area contributed by atoms with Gasteiger partial charge in [0.1, 0.15) is 5.88 Å². The molecule has 4 amide bonds. The van der Waals surface area contributed by atoms with Crippen molar-refractivity contribution in [1.29, 1.82) is 0 Å². The average molecular weight is 234 g/mol. The average Bonchev–Trinajstić information content (AvgIpc) is 2.66. The van der Waals surface area contributed by atoms with Gasteiger partial charge < -0.3 is 10.6 Å². The zero-order valence-corrected chi connectivity index (χ0v) is 8.79. The molecule has 0 aliphatic carbocycles. The summed E-state index contributed by atoms with van der Waals surface area (Å²) in [5.74, 6) is -1.56. The minimum absolute atomic E-state index is 0.261. The zero-order valence-electron chi connectivity index (χ0n) is 8.03. The Balaban J connectivity index is 2.43. The van der Waals surface area contributed by atoms with Gasteiger partial charge in [0.05, 0.1) is 5.92 Å². The summed E-state index contributed by atoms with van der Waals surface area (Å²) in [5.41, 5.74) is 5.10. The first-order valence-corrected chi connectivity index (χ1v) is 5.02. The van der Waals surface area contributed by atoms with Crippen LogP contribution in [0, 0.1) is 5.92 Å². The van der Waals surface area contributed by atoms with Crippen LogP contribution in [0.1, 0.15) is 6.42 Å². The SMILES string of the molecule is NC(=O)C1CCN(C(=O)NC(=O)CCl)C1. The van der Waals surface area contributed by atoms with Crippen LogP contribution in [0.4, 0.5) is 4.79 Å². The van der Waals surface area contributed by atoms with Crippen molar-refractivity contribution in [1.82, 2.24) is 10.2 Å². The lowest BCUT2D eigenvalue weighted by Gasteiger charge is -2.15. The second-order valence-corrected chi connectivity index (χ2v) is 3.59. The first-order valence-electron chi connectivity index (χ1n) is 4.48. The molecule has 3 N–H and O–H groups in total. The Bertz CT molecular complexity index is 295. The van der Waals surface area contributed by atoms with Gasteiger partial charge in [-0.2, -0.15) is 0 Å². The molecule has 1 atom stereocenters. The van der Waals surface area contributed by atoms with Crippen molar-refractivity contribution in [2.45, 2.75) is 6.42 Å². The number of hydrogen-bond donors (Lipinski definition) is 2. The number of rotatable bonds is 2. The molecule has 1 unspecified atom stereocenters. The molecule has 0 aromatic rings. The molecule has 1 fully saturated rings. The first kappa shape index (κ1) is 11.8. The van der Waals surface area contributed by atoms with Gasteiger partial charge in [-0.3, -0.25) is 14.9 Å². The van der Waals surface area contributed by atoms with E-state index in [4.69, 9.17) is 17.3 Å². The van der Waals surface area contributed by atoms with Crippen LogP contribution >= 0.6 is 11.6 Å². The summed E-state index contributed by atoms with van der Waals surface area (Å²) in [6.45, 7) is 0.686. The smallest absolute Gasteiger partial charge is 0.324 e. The van der Waals surface area contributed by atoms with Crippen LogP contribution in [0.15, 0.2) is 0 Å². The highest BCUT2D eigenvalue weighted by Gasteiger charge is 2.30. The molecule has 15 heavy (non-hydrogen) atoms. The van der Waals surface area contributed by atoms with Gasteiger partial charge in [0, 0.05) is 13.1 Å². The maximum Gasteiger partial charge on any atom is 0.324 e. The van der Waals surface area contributed by atoms with E-state index in [9.17, 15) is 14.4 Å². The minimum Gasteiger partial charge on any atom is -0.369 e. The number of carbonyl (C=O) groups excluding carboxylic acids is 3. The van der Waals surface area contributed by atoms with Crippen molar-refractivity contribution in [3.63, 3.8) is 0 Å². The van der Waals surface area contributed by atoms with E-state index in [1.54, 1.807) is 0 Å². The van der Waals surface area contributed by atoms with Crippen LogP contribution < -0.4 is 11.1 Å². The molecule has 1 saturated heterocycles. The Morgan fingerprint density at radius 3 is 2.60 bits per heavy atom. The third kappa shape index (κ3) is 3.09. The molecule has 0 spiro atoms. The second kappa shape index (κ2) is 4.97. The number of amides is 4. The summed E-state index contributed by atoms with van der Waals surface area (Å²) in [4.78, 5) is 34.4. The third-order valence-corrected chi connectivity index (χ3v) is 2.49. The van der Waals surface area contributed by atoms with E-state index in [0.717, 1.165) is 0 Å². The van der Waals surface area contributed by atoms with Gasteiger partial charge >= 0.3 is 6.03 Å². The number of likely N-dealkylation sites (tertiary alicyclic amines) is 1. The van der Waals surface area contributed by atoms with Gasteiger partial charge in [-0.25, -0.2) is 4.79 Å². The number of urea groups is 1. The standard InChI is InChI=1S/C8H12ClN3O3/c9-3-6(13)11-8(15)12-2-1-5(4-12)7(10)14/h5H,1-4H2,(H2,10,14)(H,11,13,15). The third-order valence-electron chi connectivity index (χ3n) is 2.25. The van der Waals surface area contributed by atoms with Crippen LogP contribution in [0.25, 0.3) is 0 Å². The predicted molar refractivity (Wildman–Crippen MR) is 53.1 cm³/mol. The summed E-state index contributed by atoms with van der Waals surface area (Å²) in [7, 11) is 0. The van der Waals surface area contributed by atoms with E-state index in [2.05, 4.69) is 5.32 Å². The fourth-order valence-corrected chi connectivity index (χ4v) is 1.48. The molecule has 1 aliphatic rings. The molecule has 1 rings (SSSR count). The van der Waals surface area contributed by atoms with Crippen LogP contribution in [0.3, 0.4) is 0 Å². The van der Waals surface area contributed by atoms with Crippen LogP contribution in [0.2, 0.25) is 0 Å². The zero-order chi connectivity index (χ0) is 11.4. The van der Waals surface area contributed by atoms with Crippen LogP contribution in [-0.4, -0.2) is 41.7 Å². The molecule has 0 radical (unpaired) electrons. The highest BCUT2D eigenvalue weighted by Crippen LogP contribution is 2.15. The van der Waals surface area contributed by atoms with Gasteiger partial charge in [0.15, 0.2) is 0 Å². The van der Waals surface area contributed by atoms with Crippen molar-refractivity contribution >= 4 is 29.4 Å². The molecule has 84 valence electrons. The molecular weight excluding hydrogens is 222 g/mol. The van der Waals surface area contributed by atoms with E-state index in [0.29, 0.717) is 13.0 Å². The number of nitrogens with two attached hydrogens (primary N) is 1. The van der Waals surface area contributed by atoms with Gasteiger partial charge in [-0.15, -0.1) is 11.6 Å². The lowest BCUT2D eigenvalue weighted by Crippen LogP contribution is -2.42. The van der Waals surface area contributed by atoms with Crippen LogP contribution in [0.5, 0.6) is 0 Å². The summed E-state index contributed by atoms with van der Waals surface area (Å²) in [6.07, 6.45) is 0.540. The number of carbonyl (C=O) groups is 3. The largest absolute Gasteiger partial charge is 0.369 e. The molecule has 1 heterocycles. The fourth-order valence-electron chi connectivity index (χ4n) is 1.41. The van der Waals surface area contributed by atoms with E-state index >= 15 is 0 Å². The number of imide groups is 1. The number of nitrogens with zero attached hydrogens (tertiary/aromatic N) is 1. The van der Waals surface area contributed by atoms with E-state index < -0.39 is 17.8 Å². The Morgan fingerprint density at radius 2 is 2.13 bits per heavy atom. The highest BCUT2D eigenvalue weighted by molar-refractivity contribution is 6.28. The first-order chi connectivity index (χ1) is 7.04. The lowest BCUT2D eigenvalue weighted by atomic mass is 10.1. The maximum atomic E-state index is 11.4.